The summed E-state index contributed by atoms with van der Waals surface area (Å²) in [6, 6.07) is 23.9. The van der Waals surface area contributed by atoms with Gasteiger partial charge >= 0.3 is 0 Å². The van der Waals surface area contributed by atoms with Crippen LogP contribution in [0.1, 0.15) is 71.7 Å². The van der Waals surface area contributed by atoms with Crippen molar-refractivity contribution < 1.29 is 18.3 Å². The van der Waals surface area contributed by atoms with Crippen LogP contribution in [0.15, 0.2) is 72.8 Å². The molecular formula is C42H49ClN6O4S. The normalized spacial score (nSPS) is 17.7. The van der Waals surface area contributed by atoms with Gasteiger partial charge < -0.3 is 20.2 Å². The number of nitrogens with one attached hydrogen (secondary N) is 1. The summed E-state index contributed by atoms with van der Waals surface area (Å²) >= 11 is 6.67. The molecule has 284 valence electrons. The molecule has 4 heterocycles. The number of rotatable bonds is 12. The summed E-state index contributed by atoms with van der Waals surface area (Å²) in [7, 11) is -3.38. The zero-order valence-electron chi connectivity index (χ0n) is 30.9. The fourth-order valence-electron chi connectivity index (χ4n) is 7.95. The fourth-order valence-corrected chi connectivity index (χ4v) is 8.90. The zero-order valence-corrected chi connectivity index (χ0v) is 32.5. The van der Waals surface area contributed by atoms with Gasteiger partial charge in [0, 0.05) is 92.6 Å². The Kier molecular flexibility index (Phi) is 12.2. The third-order valence-corrected chi connectivity index (χ3v) is 12.6. The number of sulfonamides is 1. The van der Waals surface area contributed by atoms with E-state index >= 15 is 0 Å². The maximum Gasteiger partial charge on any atom is 0.222 e. The molecule has 0 aliphatic carbocycles. The maximum atomic E-state index is 12.6. The lowest BCUT2D eigenvalue weighted by Gasteiger charge is -2.36. The van der Waals surface area contributed by atoms with E-state index in [9.17, 15) is 18.3 Å². The Morgan fingerprint density at radius 2 is 1.74 bits per heavy atom. The van der Waals surface area contributed by atoms with Crippen molar-refractivity contribution >= 4 is 27.5 Å². The Bertz CT molecular complexity index is 2100. The number of likely N-dealkylation sites (tertiary alicyclic amines) is 2. The van der Waals surface area contributed by atoms with E-state index in [0.29, 0.717) is 48.5 Å². The van der Waals surface area contributed by atoms with Crippen LogP contribution in [0.4, 0.5) is 0 Å². The highest BCUT2D eigenvalue weighted by atomic mass is 35.5. The molecule has 0 radical (unpaired) electrons. The lowest BCUT2D eigenvalue weighted by atomic mass is 10.0. The van der Waals surface area contributed by atoms with E-state index < -0.39 is 10.0 Å². The molecule has 3 aliphatic rings. The summed E-state index contributed by atoms with van der Waals surface area (Å²) in [5.41, 5.74) is 7.28. The number of hydrogen-bond donors (Lipinski definition) is 2. The Labute approximate surface area is 324 Å². The van der Waals surface area contributed by atoms with Crippen LogP contribution in [0.3, 0.4) is 0 Å². The van der Waals surface area contributed by atoms with E-state index in [1.807, 2.05) is 72.8 Å². The average Bonchev–Trinajstić information content (AvgIpc) is 3.78. The minimum Gasteiger partial charge on any atom is -0.394 e. The van der Waals surface area contributed by atoms with Gasteiger partial charge in [-0.05, 0) is 67.6 Å². The number of carbonyl (C=O) groups excluding carboxylic acids is 1. The molecule has 12 heteroatoms. The lowest BCUT2D eigenvalue weighted by Crippen LogP contribution is -2.45. The van der Waals surface area contributed by atoms with E-state index in [1.165, 1.54) is 10.6 Å². The number of hydrogen-bond acceptors (Lipinski definition) is 7. The number of piperidine rings is 1. The van der Waals surface area contributed by atoms with Gasteiger partial charge in [0.1, 0.15) is 0 Å². The molecule has 0 spiro atoms. The minimum absolute atomic E-state index is 0.0100. The topological polar surface area (TPSA) is 111 Å². The maximum absolute atomic E-state index is 12.6. The van der Waals surface area contributed by atoms with E-state index in [4.69, 9.17) is 16.7 Å². The molecule has 2 N–H and O–H groups in total. The average molecular weight is 769 g/mol. The van der Waals surface area contributed by atoms with Crippen LogP contribution in [0, 0.1) is 11.8 Å². The van der Waals surface area contributed by atoms with Gasteiger partial charge in [-0.2, -0.15) is 9.40 Å². The van der Waals surface area contributed by atoms with Crippen LogP contribution in [0.25, 0.3) is 11.3 Å². The van der Waals surface area contributed by atoms with Gasteiger partial charge in [-0.25, -0.2) is 8.42 Å². The summed E-state index contributed by atoms with van der Waals surface area (Å²) in [5, 5.41) is 18.9. The number of amides is 1. The van der Waals surface area contributed by atoms with Gasteiger partial charge in [0.15, 0.2) is 0 Å². The van der Waals surface area contributed by atoms with Crippen LogP contribution in [-0.4, -0.2) is 94.9 Å². The van der Waals surface area contributed by atoms with Crippen molar-refractivity contribution in [3.05, 3.63) is 111 Å². The van der Waals surface area contributed by atoms with Gasteiger partial charge in [-0.1, -0.05) is 72.0 Å². The number of aliphatic hydroxyl groups excluding tert-OH is 1. The second-order valence-electron chi connectivity index (χ2n) is 14.6. The van der Waals surface area contributed by atoms with Crippen LogP contribution in [0.2, 0.25) is 5.02 Å². The highest BCUT2D eigenvalue weighted by molar-refractivity contribution is 7.88. The van der Waals surface area contributed by atoms with Crippen molar-refractivity contribution in [3.63, 3.8) is 0 Å². The molecule has 0 unspecified atom stereocenters. The molecular weight excluding hydrogens is 720 g/mol. The Hall–Kier alpha value is -4.02. The largest absolute Gasteiger partial charge is 0.394 e. The number of aromatic nitrogens is 2. The SMILES string of the molecule is CS(=O)(=O)N1CCc2c(c(-c3ccc(Cl)c(C#Cc4ccc(CN[C@@H](CO)c5ccccc5)cc4)c3)nn2CCCN2CCC(N3CCCC3=O)CC2)C1. The molecule has 1 atom stereocenters. The third-order valence-electron chi connectivity index (χ3n) is 11.0. The smallest absolute Gasteiger partial charge is 0.222 e. The van der Waals surface area contributed by atoms with Crippen LogP contribution in [0.5, 0.6) is 0 Å². The van der Waals surface area contributed by atoms with Gasteiger partial charge in [0.25, 0.3) is 0 Å². The third kappa shape index (κ3) is 9.08. The van der Waals surface area contributed by atoms with E-state index in [1.54, 1.807) is 0 Å². The van der Waals surface area contributed by atoms with Gasteiger partial charge in [-0.15, -0.1) is 0 Å². The quantitative estimate of drug-likeness (QED) is 0.190. The number of benzene rings is 3. The summed E-state index contributed by atoms with van der Waals surface area (Å²) in [5.74, 6) is 6.82. The number of aryl methyl sites for hydroxylation is 1. The predicted octanol–water partition coefficient (Wildman–Crippen LogP) is 5.22. The van der Waals surface area contributed by atoms with Crippen LogP contribution >= 0.6 is 11.6 Å². The number of fused-ring (bicyclic) bond motifs is 1. The van der Waals surface area contributed by atoms with E-state index in [2.05, 4.69) is 31.6 Å². The first-order valence-corrected chi connectivity index (χ1v) is 21.2. The zero-order chi connectivity index (χ0) is 37.7. The molecule has 2 saturated heterocycles. The molecule has 4 aromatic rings. The molecule has 3 aromatic carbocycles. The first-order chi connectivity index (χ1) is 26.2. The summed E-state index contributed by atoms with van der Waals surface area (Å²) in [6.07, 6.45) is 6.53. The minimum atomic E-state index is -3.38. The number of nitrogens with zero attached hydrogens (tertiary/aromatic N) is 5. The van der Waals surface area contributed by atoms with E-state index in [-0.39, 0.29) is 19.2 Å². The fraction of sp³-hybridized carbons (Fsp3) is 0.429. The second-order valence-corrected chi connectivity index (χ2v) is 17.0. The van der Waals surface area contributed by atoms with Crippen molar-refractivity contribution in [2.45, 2.75) is 70.2 Å². The first-order valence-electron chi connectivity index (χ1n) is 19.0. The second kappa shape index (κ2) is 17.2. The van der Waals surface area contributed by atoms with Crippen molar-refractivity contribution in [1.29, 1.82) is 0 Å². The predicted molar refractivity (Wildman–Crippen MR) is 212 cm³/mol. The van der Waals surface area contributed by atoms with Crippen molar-refractivity contribution in [2.75, 3.05) is 45.6 Å². The Balaban J connectivity index is 1.03. The van der Waals surface area contributed by atoms with E-state index in [0.717, 1.165) is 97.6 Å². The number of aliphatic hydroxyl groups is 1. The Morgan fingerprint density at radius 3 is 2.44 bits per heavy atom. The molecule has 1 amide bonds. The summed E-state index contributed by atoms with van der Waals surface area (Å²) in [4.78, 5) is 16.8. The van der Waals surface area contributed by atoms with Gasteiger partial charge in [0.05, 0.1) is 29.6 Å². The first kappa shape index (κ1) is 38.3. The standard InChI is InChI=1S/C42H49ClN6O4S/c1-54(52,53)47-26-20-40-37(29-47)42(45-49(40)23-6-21-46-24-18-36(19-25-46)48-22-5-9-41(48)51)35-16-17-38(43)34(27-35)15-14-31-10-12-32(13-11-31)28-44-39(30-50)33-7-3-2-4-8-33/h2-4,7-8,10-13,16-17,27,36,39,44,50H,5-6,9,18-26,28-30H2,1H3/t39-/m0/s1. The lowest BCUT2D eigenvalue weighted by molar-refractivity contribution is -0.130. The molecule has 10 nitrogen and oxygen atoms in total. The molecule has 7 rings (SSSR count). The van der Waals surface area contributed by atoms with Crippen molar-refractivity contribution in [2.24, 2.45) is 0 Å². The van der Waals surface area contributed by atoms with Gasteiger partial charge in [-0.3, -0.25) is 9.48 Å². The van der Waals surface area contributed by atoms with Crippen LogP contribution < -0.4 is 5.32 Å². The molecule has 1 aromatic heterocycles. The highest BCUT2D eigenvalue weighted by Gasteiger charge is 2.32. The monoisotopic (exact) mass is 768 g/mol. The summed E-state index contributed by atoms with van der Waals surface area (Å²) < 4.78 is 28.9. The molecule has 54 heavy (non-hydrogen) atoms. The molecule has 0 bridgehead atoms. The van der Waals surface area contributed by atoms with Crippen LogP contribution in [-0.2, 0) is 40.9 Å². The molecule has 2 fully saturated rings. The molecule has 0 saturated carbocycles. The molecule has 3 aliphatic heterocycles. The number of carbonyl (C=O) groups is 1. The summed E-state index contributed by atoms with van der Waals surface area (Å²) in [6.45, 7) is 5.92. The Morgan fingerprint density at radius 1 is 0.963 bits per heavy atom. The highest BCUT2D eigenvalue weighted by Crippen LogP contribution is 2.33. The number of halogens is 1. The van der Waals surface area contributed by atoms with Gasteiger partial charge in [0.2, 0.25) is 15.9 Å². The van der Waals surface area contributed by atoms with Crippen molar-refractivity contribution in [1.82, 2.24) is 29.2 Å². The van der Waals surface area contributed by atoms with Crippen molar-refractivity contribution in [3.8, 4) is 23.1 Å².